The lowest BCUT2D eigenvalue weighted by Crippen LogP contribution is -2.01. The molecule has 2 aromatic rings. The lowest BCUT2D eigenvalue weighted by molar-refractivity contribution is 0.585. The number of nitrogens with zero attached hydrogens (tertiary/aromatic N) is 1. The van der Waals surface area contributed by atoms with Crippen molar-refractivity contribution in [2.24, 2.45) is 0 Å². The van der Waals surface area contributed by atoms with Crippen LogP contribution in [0, 0.1) is 23.2 Å². The summed E-state index contributed by atoms with van der Waals surface area (Å²) in [6.45, 7) is 3.80. The van der Waals surface area contributed by atoms with Crippen molar-refractivity contribution in [3.63, 3.8) is 0 Å². The minimum Gasteiger partial charge on any atom is -0.343 e. The molecule has 2 nitrogen and oxygen atoms in total. The van der Waals surface area contributed by atoms with Crippen molar-refractivity contribution in [2.75, 3.05) is 0 Å². The third-order valence-electron chi connectivity index (χ3n) is 2.89. The van der Waals surface area contributed by atoms with Crippen LogP contribution in [0.1, 0.15) is 24.7 Å². The Labute approximate surface area is 115 Å². The molecule has 1 aromatic carbocycles. The van der Waals surface area contributed by atoms with E-state index in [-0.39, 0.29) is 0 Å². The number of halogens is 2. The van der Waals surface area contributed by atoms with Crippen molar-refractivity contribution in [1.29, 1.82) is 0 Å². The number of H-pyrrole nitrogens is 1. The second kappa shape index (κ2) is 5.57. The minimum absolute atomic E-state index is 0.310. The third-order valence-corrected chi connectivity index (χ3v) is 3.29. The summed E-state index contributed by atoms with van der Waals surface area (Å²) in [7, 11) is 0. The number of hydrogen-bond acceptors (Lipinski definition) is 2. The van der Waals surface area contributed by atoms with Gasteiger partial charge in [-0.05, 0) is 25.5 Å². The first kappa shape index (κ1) is 13.8. The van der Waals surface area contributed by atoms with Gasteiger partial charge < -0.3 is 4.98 Å². The second-order valence-electron chi connectivity index (χ2n) is 4.36. The highest BCUT2D eigenvalue weighted by Gasteiger charge is 2.12. The zero-order valence-electron chi connectivity index (χ0n) is 10.8. The topological polar surface area (TPSA) is 28.7 Å². The van der Waals surface area contributed by atoms with E-state index in [9.17, 15) is 8.78 Å². The zero-order valence-corrected chi connectivity index (χ0v) is 11.6. The van der Waals surface area contributed by atoms with Crippen molar-refractivity contribution in [1.82, 2.24) is 9.97 Å². The SMILES string of the molecule is CCCc1nc(=S)c(C)c(-c2ccc(F)cc2F)[nH]1. The highest BCUT2D eigenvalue weighted by Crippen LogP contribution is 2.25. The summed E-state index contributed by atoms with van der Waals surface area (Å²) in [5.74, 6) is -0.487. The lowest BCUT2D eigenvalue weighted by atomic mass is 10.1. The largest absolute Gasteiger partial charge is 0.343 e. The number of nitrogens with one attached hydrogen (secondary N) is 1. The van der Waals surface area contributed by atoms with Crippen molar-refractivity contribution >= 4 is 12.2 Å². The summed E-state index contributed by atoms with van der Waals surface area (Å²) in [6.07, 6.45) is 1.65. The van der Waals surface area contributed by atoms with Crippen LogP contribution >= 0.6 is 12.2 Å². The second-order valence-corrected chi connectivity index (χ2v) is 4.75. The van der Waals surface area contributed by atoms with Crippen LogP contribution in [0.15, 0.2) is 18.2 Å². The summed E-state index contributed by atoms with van der Waals surface area (Å²) in [6, 6.07) is 3.51. The van der Waals surface area contributed by atoms with Crippen molar-refractivity contribution in [3.05, 3.63) is 45.9 Å². The summed E-state index contributed by atoms with van der Waals surface area (Å²) >= 11 is 5.18. The van der Waals surface area contributed by atoms with Gasteiger partial charge in [0.2, 0.25) is 0 Å². The summed E-state index contributed by atoms with van der Waals surface area (Å²) in [5.41, 5.74) is 1.58. The first-order valence-corrected chi connectivity index (χ1v) is 6.49. The molecular formula is C14H14F2N2S. The Bertz CT molecular complexity index is 665. The van der Waals surface area contributed by atoms with Crippen LogP contribution in [0.25, 0.3) is 11.3 Å². The molecule has 2 rings (SSSR count). The zero-order chi connectivity index (χ0) is 14.0. The van der Waals surface area contributed by atoms with Crippen LogP contribution < -0.4 is 0 Å². The van der Waals surface area contributed by atoms with E-state index >= 15 is 0 Å². The van der Waals surface area contributed by atoms with Crippen LogP contribution in [0.3, 0.4) is 0 Å². The minimum atomic E-state index is -0.609. The molecule has 19 heavy (non-hydrogen) atoms. The normalized spacial score (nSPS) is 10.7. The van der Waals surface area contributed by atoms with E-state index in [1.54, 1.807) is 6.92 Å². The first-order chi connectivity index (χ1) is 9.02. The predicted octanol–water partition coefficient (Wildman–Crippen LogP) is 4.35. The predicted molar refractivity (Wildman–Crippen MR) is 73.5 cm³/mol. The molecule has 0 aliphatic heterocycles. The Hall–Kier alpha value is -1.62. The molecule has 100 valence electrons. The molecule has 0 amide bonds. The van der Waals surface area contributed by atoms with Gasteiger partial charge in [0.15, 0.2) is 0 Å². The summed E-state index contributed by atoms with van der Waals surface area (Å²) in [5, 5.41) is 0. The molecule has 0 atom stereocenters. The standard InChI is InChI=1S/C14H14F2N2S/c1-3-4-12-17-13(8(2)14(19)18-12)10-6-5-9(15)7-11(10)16/h5-7H,3-4H2,1-2H3,(H,17,18,19). The molecule has 0 saturated heterocycles. The average Bonchev–Trinajstić information content (AvgIpc) is 2.34. The maximum Gasteiger partial charge on any atom is 0.135 e. The Morgan fingerprint density at radius 2 is 2.05 bits per heavy atom. The molecule has 0 saturated carbocycles. The number of aromatic amines is 1. The van der Waals surface area contributed by atoms with Crippen molar-refractivity contribution in [3.8, 4) is 11.3 Å². The Kier molecular flexibility index (Phi) is 4.04. The first-order valence-electron chi connectivity index (χ1n) is 6.08. The van der Waals surface area contributed by atoms with Gasteiger partial charge in [-0.1, -0.05) is 19.1 Å². The Morgan fingerprint density at radius 3 is 2.68 bits per heavy atom. The van der Waals surface area contributed by atoms with Gasteiger partial charge in [0.05, 0.1) is 5.69 Å². The van der Waals surface area contributed by atoms with Crippen molar-refractivity contribution in [2.45, 2.75) is 26.7 Å². The third kappa shape index (κ3) is 2.87. The summed E-state index contributed by atoms with van der Waals surface area (Å²) < 4.78 is 27.3. The Balaban J connectivity index is 2.63. The van der Waals surface area contributed by atoms with Gasteiger partial charge in [-0.2, -0.15) is 0 Å². The molecule has 0 spiro atoms. The van der Waals surface area contributed by atoms with Crippen LogP contribution in [0.5, 0.6) is 0 Å². The van der Waals surface area contributed by atoms with Crippen LogP contribution in [0.2, 0.25) is 0 Å². The van der Waals surface area contributed by atoms with Crippen LogP contribution in [-0.4, -0.2) is 9.97 Å². The maximum atomic E-state index is 13.9. The van der Waals surface area contributed by atoms with Gasteiger partial charge in [-0.3, -0.25) is 0 Å². The van der Waals surface area contributed by atoms with Gasteiger partial charge >= 0.3 is 0 Å². The number of aryl methyl sites for hydroxylation is 1. The molecule has 1 aromatic heterocycles. The molecule has 1 N–H and O–H groups in total. The van der Waals surface area contributed by atoms with E-state index in [4.69, 9.17) is 12.2 Å². The molecule has 1 heterocycles. The van der Waals surface area contributed by atoms with E-state index in [1.165, 1.54) is 12.1 Å². The van der Waals surface area contributed by atoms with E-state index in [0.29, 0.717) is 21.5 Å². The van der Waals surface area contributed by atoms with Crippen LogP contribution in [-0.2, 0) is 6.42 Å². The van der Waals surface area contributed by atoms with Gasteiger partial charge in [-0.15, -0.1) is 0 Å². The molecular weight excluding hydrogens is 266 g/mol. The van der Waals surface area contributed by atoms with Gasteiger partial charge in [0.25, 0.3) is 0 Å². The smallest absolute Gasteiger partial charge is 0.135 e. The van der Waals surface area contributed by atoms with Crippen molar-refractivity contribution < 1.29 is 8.78 Å². The molecule has 0 unspecified atom stereocenters. The number of aromatic nitrogens is 2. The molecule has 0 bridgehead atoms. The molecule has 0 aliphatic carbocycles. The monoisotopic (exact) mass is 280 g/mol. The highest BCUT2D eigenvalue weighted by atomic mass is 32.1. The lowest BCUT2D eigenvalue weighted by Gasteiger charge is -2.10. The molecule has 5 heteroatoms. The average molecular weight is 280 g/mol. The Morgan fingerprint density at radius 1 is 1.32 bits per heavy atom. The van der Waals surface area contributed by atoms with E-state index in [0.717, 1.165) is 24.7 Å². The van der Waals surface area contributed by atoms with Gasteiger partial charge in [-0.25, -0.2) is 13.8 Å². The quantitative estimate of drug-likeness (QED) is 0.847. The summed E-state index contributed by atoms with van der Waals surface area (Å²) in [4.78, 5) is 7.35. The molecule has 0 fully saturated rings. The van der Waals surface area contributed by atoms with E-state index in [2.05, 4.69) is 9.97 Å². The van der Waals surface area contributed by atoms with E-state index in [1.807, 2.05) is 6.92 Å². The fourth-order valence-corrected chi connectivity index (χ4v) is 2.11. The molecule has 0 aliphatic rings. The fraction of sp³-hybridized carbons (Fsp3) is 0.286. The van der Waals surface area contributed by atoms with E-state index < -0.39 is 11.6 Å². The number of rotatable bonds is 3. The maximum absolute atomic E-state index is 13.9. The molecule has 0 radical (unpaired) electrons. The fourth-order valence-electron chi connectivity index (χ4n) is 1.90. The highest BCUT2D eigenvalue weighted by molar-refractivity contribution is 7.71. The number of benzene rings is 1. The van der Waals surface area contributed by atoms with Gasteiger partial charge in [0, 0.05) is 23.6 Å². The van der Waals surface area contributed by atoms with Gasteiger partial charge in [0.1, 0.15) is 22.1 Å². The number of hydrogen-bond donors (Lipinski definition) is 1. The van der Waals surface area contributed by atoms with Crippen LogP contribution in [0.4, 0.5) is 8.78 Å².